The van der Waals surface area contributed by atoms with Gasteiger partial charge in [0.05, 0.1) is 12.2 Å². The molecule has 1 aliphatic rings. The number of esters is 1. The Balaban J connectivity index is 1.66. The maximum Gasteiger partial charge on any atom is 0.414 e. The normalized spacial score (nSPS) is 15.2. The number of nitrogens with zero attached hydrogens (tertiary/aromatic N) is 2. The molecule has 0 aliphatic carbocycles. The van der Waals surface area contributed by atoms with Crippen molar-refractivity contribution in [1.82, 2.24) is 4.98 Å². The van der Waals surface area contributed by atoms with Crippen molar-refractivity contribution >= 4 is 35.4 Å². The molecule has 1 saturated heterocycles. The number of rotatable bonds is 8. The van der Waals surface area contributed by atoms with Crippen LogP contribution in [-0.2, 0) is 23.9 Å². The summed E-state index contributed by atoms with van der Waals surface area (Å²) in [6.45, 7) is 0.945. The quantitative estimate of drug-likeness (QED) is 0.593. The number of aromatic nitrogens is 1. The molecule has 11 heteroatoms. The zero-order valence-electron chi connectivity index (χ0n) is 17.2. The lowest BCUT2D eigenvalue weighted by Gasteiger charge is -2.14. The van der Waals surface area contributed by atoms with E-state index in [2.05, 4.69) is 15.0 Å². The summed E-state index contributed by atoms with van der Waals surface area (Å²) in [5.41, 5.74) is 6.13. The minimum absolute atomic E-state index is 0.0896. The van der Waals surface area contributed by atoms with Gasteiger partial charge in [-0.1, -0.05) is 0 Å². The Morgan fingerprint density at radius 2 is 2.09 bits per heavy atom. The van der Waals surface area contributed by atoms with Gasteiger partial charge >= 0.3 is 12.1 Å². The molecule has 3 N–H and O–H groups in total. The molecule has 1 aromatic heterocycles. The monoisotopic (exact) mass is 444 g/mol. The Kier molecular flexibility index (Phi) is 6.98. The van der Waals surface area contributed by atoms with E-state index in [1.807, 2.05) is 0 Å². The third kappa shape index (κ3) is 5.78. The summed E-state index contributed by atoms with van der Waals surface area (Å²) in [4.78, 5) is 50.7. The van der Waals surface area contributed by atoms with E-state index in [1.165, 1.54) is 36.2 Å². The number of nitrogens with one attached hydrogen (secondary N) is 1. The van der Waals surface area contributed by atoms with E-state index >= 15 is 0 Å². The summed E-state index contributed by atoms with van der Waals surface area (Å²) < 4.78 is 24.6. The minimum atomic E-state index is -0.623. The summed E-state index contributed by atoms with van der Waals surface area (Å²) >= 11 is 0. The van der Waals surface area contributed by atoms with Gasteiger partial charge in [0, 0.05) is 30.7 Å². The van der Waals surface area contributed by atoms with E-state index in [1.54, 1.807) is 12.1 Å². The molecule has 32 heavy (non-hydrogen) atoms. The molecule has 1 aliphatic heterocycles. The van der Waals surface area contributed by atoms with E-state index in [9.17, 15) is 23.6 Å². The van der Waals surface area contributed by atoms with Crippen molar-refractivity contribution in [2.45, 2.75) is 25.9 Å². The fourth-order valence-electron chi connectivity index (χ4n) is 3.07. The number of amides is 3. The molecule has 0 saturated carbocycles. The lowest BCUT2D eigenvalue weighted by molar-refractivity contribution is -0.144. The standard InChI is InChI=1S/C21H21FN4O6/c1-12(27)31-11-20(29)25-19-7-2-13(9-24-19)16-5-3-14(8-17(16)22)26-10-15(32-21(26)30)4-6-18(23)28/h2-3,5,7-9,15H,4,6,10-11H2,1H3,(H2,23,28)(H,24,25,29). The number of carbonyl (C=O) groups is 4. The summed E-state index contributed by atoms with van der Waals surface area (Å²) in [6.07, 6.45) is 0.649. The maximum absolute atomic E-state index is 14.8. The van der Waals surface area contributed by atoms with Gasteiger partial charge in [-0.25, -0.2) is 14.2 Å². The summed E-state index contributed by atoms with van der Waals surface area (Å²) in [5.74, 6) is -1.99. The molecule has 168 valence electrons. The highest BCUT2D eigenvalue weighted by atomic mass is 19.1. The summed E-state index contributed by atoms with van der Waals surface area (Å²) in [5, 5.41) is 2.46. The first-order chi connectivity index (χ1) is 15.2. The topological polar surface area (TPSA) is 141 Å². The highest BCUT2D eigenvalue weighted by Crippen LogP contribution is 2.29. The van der Waals surface area contributed by atoms with Crippen LogP contribution in [0.2, 0.25) is 0 Å². The molecule has 0 bridgehead atoms. The van der Waals surface area contributed by atoms with Crippen molar-refractivity contribution < 1.29 is 33.0 Å². The van der Waals surface area contributed by atoms with Gasteiger partial charge in [0.2, 0.25) is 5.91 Å². The molecular weight excluding hydrogens is 423 g/mol. The molecule has 3 amide bonds. The second kappa shape index (κ2) is 9.86. The zero-order valence-corrected chi connectivity index (χ0v) is 17.2. The molecule has 2 aromatic rings. The molecule has 1 atom stereocenters. The van der Waals surface area contributed by atoms with Crippen molar-refractivity contribution in [2.75, 3.05) is 23.4 Å². The number of benzene rings is 1. The molecule has 1 aromatic carbocycles. The second-order valence-electron chi connectivity index (χ2n) is 7.05. The number of hydrogen-bond acceptors (Lipinski definition) is 7. The molecular formula is C21H21FN4O6. The Labute approximate surface area is 182 Å². The molecule has 3 rings (SSSR count). The van der Waals surface area contributed by atoms with Crippen LogP contribution < -0.4 is 16.0 Å². The summed E-state index contributed by atoms with van der Waals surface area (Å²) in [6, 6.07) is 7.34. The number of hydrogen-bond donors (Lipinski definition) is 2. The maximum atomic E-state index is 14.8. The predicted molar refractivity (Wildman–Crippen MR) is 111 cm³/mol. The van der Waals surface area contributed by atoms with Crippen LogP contribution >= 0.6 is 0 Å². The Morgan fingerprint density at radius 1 is 1.31 bits per heavy atom. The molecule has 1 fully saturated rings. The van der Waals surface area contributed by atoms with Gasteiger partial charge in [-0.15, -0.1) is 0 Å². The number of ether oxygens (including phenoxy) is 2. The van der Waals surface area contributed by atoms with Crippen molar-refractivity contribution in [2.24, 2.45) is 5.73 Å². The molecule has 10 nitrogen and oxygen atoms in total. The molecule has 0 radical (unpaired) electrons. The van der Waals surface area contributed by atoms with Crippen LogP contribution in [0.5, 0.6) is 0 Å². The van der Waals surface area contributed by atoms with E-state index < -0.39 is 42.4 Å². The fourth-order valence-corrected chi connectivity index (χ4v) is 3.07. The van der Waals surface area contributed by atoms with E-state index in [0.29, 0.717) is 17.7 Å². The zero-order chi connectivity index (χ0) is 23.3. The fraction of sp³-hybridized carbons (Fsp3) is 0.286. The van der Waals surface area contributed by atoms with Crippen molar-refractivity contribution in [1.29, 1.82) is 0 Å². The van der Waals surface area contributed by atoms with Gasteiger partial charge in [0.25, 0.3) is 5.91 Å². The van der Waals surface area contributed by atoms with Gasteiger partial charge in [0.15, 0.2) is 6.61 Å². The number of nitrogens with two attached hydrogens (primary N) is 1. The van der Waals surface area contributed by atoms with Gasteiger partial charge in [-0.2, -0.15) is 0 Å². The third-order valence-electron chi connectivity index (χ3n) is 4.60. The predicted octanol–water partition coefficient (Wildman–Crippen LogP) is 1.98. The first-order valence-electron chi connectivity index (χ1n) is 9.68. The van der Waals surface area contributed by atoms with E-state index in [0.717, 1.165) is 0 Å². The highest BCUT2D eigenvalue weighted by molar-refractivity contribution is 5.92. The first-order valence-corrected chi connectivity index (χ1v) is 9.68. The van der Waals surface area contributed by atoms with Crippen molar-refractivity contribution in [3.8, 4) is 11.1 Å². The Morgan fingerprint density at radius 3 is 2.72 bits per heavy atom. The van der Waals surface area contributed by atoms with Gasteiger partial charge in [-0.3, -0.25) is 19.3 Å². The molecule has 2 heterocycles. The van der Waals surface area contributed by atoms with Gasteiger partial charge in [-0.05, 0) is 36.8 Å². The number of carbonyl (C=O) groups excluding carboxylic acids is 4. The average molecular weight is 444 g/mol. The van der Waals surface area contributed by atoms with Gasteiger partial charge in [0.1, 0.15) is 17.7 Å². The average Bonchev–Trinajstić information content (AvgIpc) is 3.12. The number of cyclic esters (lactones) is 1. The SMILES string of the molecule is CC(=O)OCC(=O)Nc1ccc(-c2ccc(N3CC(CCC(N)=O)OC3=O)cc2F)cn1. The van der Waals surface area contributed by atoms with Crippen molar-refractivity contribution in [3.63, 3.8) is 0 Å². The lowest BCUT2D eigenvalue weighted by Crippen LogP contribution is -2.25. The van der Waals surface area contributed by atoms with Crippen LogP contribution in [0.4, 0.5) is 20.7 Å². The number of anilines is 2. The van der Waals surface area contributed by atoms with Crippen LogP contribution in [0.3, 0.4) is 0 Å². The second-order valence-corrected chi connectivity index (χ2v) is 7.05. The first kappa shape index (κ1) is 22.7. The Bertz CT molecular complexity index is 1040. The third-order valence-corrected chi connectivity index (χ3v) is 4.60. The van der Waals surface area contributed by atoms with Gasteiger partial charge < -0.3 is 20.5 Å². The van der Waals surface area contributed by atoms with E-state index in [-0.39, 0.29) is 24.3 Å². The highest BCUT2D eigenvalue weighted by Gasteiger charge is 2.32. The smallest absolute Gasteiger partial charge is 0.414 e. The summed E-state index contributed by atoms with van der Waals surface area (Å²) in [7, 11) is 0. The number of primary amides is 1. The van der Waals surface area contributed by atoms with Crippen LogP contribution in [-0.4, -0.2) is 48.1 Å². The number of pyridine rings is 1. The largest absolute Gasteiger partial charge is 0.456 e. The van der Waals surface area contributed by atoms with Crippen LogP contribution in [0.15, 0.2) is 36.5 Å². The lowest BCUT2D eigenvalue weighted by atomic mass is 10.1. The van der Waals surface area contributed by atoms with Crippen LogP contribution in [0.25, 0.3) is 11.1 Å². The Hall–Kier alpha value is -4.02. The van der Waals surface area contributed by atoms with Crippen LogP contribution in [0.1, 0.15) is 19.8 Å². The minimum Gasteiger partial charge on any atom is -0.456 e. The number of halogens is 1. The van der Waals surface area contributed by atoms with E-state index in [4.69, 9.17) is 10.5 Å². The molecule has 0 spiro atoms. The molecule has 1 unspecified atom stereocenters. The van der Waals surface area contributed by atoms with Crippen molar-refractivity contribution in [3.05, 3.63) is 42.3 Å². The van der Waals surface area contributed by atoms with Crippen LogP contribution in [0, 0.1) is 5.82 Å².